The van der Waals surface area contributed by atoms with Gasteiger partial charge in [-0.3, -0.25) is 0 Å². The molecule has 24 heavy (non-hydrogen) atoms. The largest absolute Gasteiger partial charge is 0.418 e. The van der Waals surface area contributed by atoms with E-state index in [1.54, 1.807) is 17.5 Å². The molecule has 3 rings (SSSR count). The quantitative estimate of drug-likeness (QED) is 0.819. The highest BCUT2D eigenvalue weighted by Gasteiger charge is 2.36. The molecule has 0 saturated carbocycles. The standard InChI is InChI=1S/C17H20F3N3S/c1-3-22-6-8-23(9-7-22)16-5-4-13(10-14(16)17(18,19)20)15-11-24-12(2)21-15/h4-5,10-11H,3,6-9H2,1-2H3. The Hall–Kier alpha value is -1.60. The van der Waals surface area contributed by atoms with Crippen LogP contribution in [0.3, 0.4) is 0 Å². The number of thiazole rings is 1. The van der Waals surface area contributed by atoms with Gasteiger partial charge in [-0.2, -0.15) is 13.2 Å². The Kier molecular flexibility index (Phi) is 4.83. The summed E-state index contributed by atoms with van der Waals surface area (Å²) in [6.45, 7) is 7.67. The minimum absolute atomic E-state index is 0.272. The number of aryl methyl sites for hydroxylation is 1. The first-order valence-corrected chi connectivity index (χ1v) is 8.87. The van der Waals surface area contributed by atoms with E-state index in [2.05, 4.69) is 16.8 Å². The van der Waals surface area contributed by atoms with Crippen molar-refractivity contribution in [2.24, 2.45) is 0 Å². The van der Waals surface area contributed by atoms with Crippen LogP contribution < -0.4 is 4.90 Å². The average molecular weight is 355 g/mol. The Balaban J connectivity index is 1.94. The molecule has 0 bridgehead atoms. The van der Waals surface area contributed by atoms with Crippen molar-refractivity contribution in [3.05, 3.63) is 34.2 Å². The Bertz CT molecular complexity index is 703. The smallest absolute Gasteiger partial charge is 0.368 e. The molecule has 0 atom stereocenters. The van der Waals surface area contributed by atoms with Gasteiger partial charge >= 0.3 is 6.18 Å². The zero-order chi connectivity index (χ0) is 17.3. The number of piperazine rings is 1. The monoisotopic (exact) mass is 355 g/mol. The van der Waals surface area contributed by atoms with Crippen LogP contribution in [0.2, 0.25) is 0 Å². The van der Waals surface area contributed by atoms with Gasteiger partial charge in [0, 0.05) is 42.8 Å². The fourth-order valence-corrected chi connectivity index (χ4v) is 3.62. The lowest BCUT2D eigenvalue weighted by Crippen LogP contribution is -2.46. The average Bonchev–Trinajstić information content (AvgIpc) is 3.00. The molecule has 2 heterocycles. The number of rotatable bonds is 3. The molecule has 2 aromatic rings. The van der Waals surface area contributed by atoms with Gasteiger partial charge in [-0.25, -0.2) is 4.98 Å². The third-order valence-electron chi connectivity index (χ3n) is 4.38. The number of nitrogens with zero attached hydrogens (tertiary/aromatic N) is 3. The molecular weight excluding hydrogens is 335 g/mol. The highest BCUT2D eigenvalue weighted by molar-refractivity contribution is 7.09. The van der Waals surface area contributed by atoms with Gasteiger partial charge in [0.1, 0.15) is 0 Å². The summed E-state index contributed by atoms with van der Waals surface area (Å²) in [5.41, 5.74) is 0.817. The molecule has 1 saturated heterocycles. The van der Waals surface area contributed by atoms with Gasteiger partial charge in [0.05, 0.1) is 16.3 Å². The van der Waals surface area contributed by atoms with Gasteiger partial charge in [-0.1, -0.05) is 13.0 Å². The number of alkyl halides is 3. The molecule has 7 heteroatoms. The van der Waals surface area contributed by atoms with Crippen LogP contribution in [0.1, 0.15) is 17.5 Å². The van der Waals surface area contributed by atoms with Gasteiger partial charge in [-0.15, -0.1) is 11.3 Å². The summed E-state index contributed by atoms with van der Waals surface area (Å²) in [5, 5.41) is 2.64. The lowest BCUT2D eigenvalue weighted by Gasteiger charge is -2.36. The Labute approximate surface area is 143 Å². The van der Waals surface area contributed by atoms with Gasteiger partial charge in [-0.05, 0) is 25.6 Å². The van der Waals surface area contributed by atoms with Crippen molar-refractivity contribution in [3.8, 4) is 11.3 Å². The molecule has 1 aliphatic heterocycles. The second-order valence-corrected chi connectivity index (χ2v) is 6.96. The summed E-state index contributed by atoms with van der Waals surface area (Å²) in [6, 6.07) is 4.57. The van der Waals surface area contributed by atoms with Crippen LogP contribution in [0.5, 0.6) is 0 Å². The topological polar surface area (TPSA) is 19.4 Å². The zero-order valence-electron chi connectivity index (χ0n) is 13.7. The predicted molar refractivity (Wildman–Crippen MR) is 91.6 cm³/mol. The first kappa shape index (κ1) is 17.2. The molecule has 1 aromatic carbocycles. The van der Waals surface area contributed by atoms with E-state index in [-0.39, 0.29) is 5.69 Å². The van der Waals surface area contributed by atoms with Crippen LogP contribution in [-0.4, -0.2) is 42.6 Å². The maximum absolute atomic E-state index is 13.6. The number of anilines is 1. The SMILES string of the molecule is CCN1CCN(c2ccc(-c3csc(C)n3)cc2C(F)(F)F)CC1. The zero-order valence-corrected chi connectivity index (χ0v) is 14.5. The molecule has 1 aliphatic rings. The summed E-state index contributed by atoms with van der Waals surface area (Å²) >= 11 is 1.44. The highest BCUT2D eigenvalue weighted by atomic mass is 32.1. The third-order valence-corrected chi connectivity index (χ3v) is 5.15. The number of likely N-dealkylation sites (N-methyl/N-ethyl adjacent to an activating group) is 1. The van der Waals surface area contributed by atoms with Crippen LogP contribution >= 0.6 is 11.3 Å². The summed E-state index contributed by atoms with van der Waals surface area (Å²) in [5.74, 6) is 0. The van der Waals surface area contributed by atoms with E-state index in [0.717, 1.165) is 24.6 Å². The number of hydrogen-bond acceptors (Lipinski definition) is 4. The van der Waals surface area contributed by atoms with Crippen molar-refractivity contribution in [1.82, 2.24) is 9.88 Å². The maximum atomic E-state index is 13.6. The Morgan fingerprint density at radius 2 is 1.88 bits per heavy atom. The van der Waals surface area contributed by atoms with E-state index in [0.29, 0.717) is 24.3 Å². The van der Waals surface area contributed by atoms with Gasteiger partial charge in [0.25, 0.3) is 0 Å². The van der Waals surface area contributed by atoms with Crippen LogP contribution in [0, 0.1) is 6.92 Å². The minimum Gasteiger partial charge on any atom is -0.368 e. The minimum atomic E-state index is -4.38. The molecule has 0 N–H and O–H groups in total. The number of hydrogen-bond donors (Lipinski definition) is 0. The predicted octanol–water partition coefficient (Wildman–Crippen LogP) is 4.28. The van der Waals surface area contributed by atoms with Crippen LogP contribution in [0.4, 0.5) is 18.9 Å². The van der Waals surface area contributed by atoms with Gasteiger partial charge in [0.15, 0.2) is 0 Å². The third kappa shape index (κ3) is 3.57. The Morgan fingerprint density at radius 1 is 1.17 bits per heavy atom. The van der Waals surface area contributed by atoms with Crippen molar-refractivity contribution in [2.45, 2.75) is 20.0 Å². The van der Waals surface area contributed by atoms with Crippen LogP contribution in [-0.2, 0) is 6.18 Å². The van der Waals surface area contributed by atoms with Crippen LogP contribution in [0.15, 0.2) is 23.6 Å². The number of halogens is 3. The van der Waals surface area contributed by atoms with Crippen LogP contribution in [0.25, 0.3) is 11.3 Å². The number of aromatic nitrogens is 1. The van der Waals surface area contributed by atoms with Crippen molar-refractivity contribution in [1.29, 1.82) is 0 Å². The summed E-state index contributed by atoms with van der Waals surface area (Å²) in [7, 11) is 0. The fourth-order valence-electron chi connectivity index (χ4n) is 3.00. The van der Waals surface area contributed by atoms with Gasteiger partial charge in [0.2, 0.25) is 0 Å². The molecule has 0 aliphatic carbocycles. The molecule has 130 valence electrons. The normalized spacial score (nSPS) is 16.6. The maximum Gasteiger partial charge on any atom is 0.418 e. The van der Waals surface area contributed by atoms with Gasteiger partial charge < -0.3 is 9.80 Å². The second-order valence-electron chi connectivity index (χ2n) is 5.90. The van der Waals surface area contributed by atoms with E-state index >= 15 is 0 Å². The lowest BCUT2D eigenvalue weighted by molar-refractivity contribution is -0.137. The molecule has 1 fully saturated rings. The second kappa shape index (κ2) is 6.72. The summed E-state index contributed by atoms with van der Waals surface area (Å²) in [4.78, 5) is 8.38. The highest BCUT2D eigenvalue weighted by Crippen LogP contribution is 2.39. The molecule has 0 amide bonds. The molecule has 0 spiro atoms. The lowest BCUT2D eigenvalue weighted by atomic mass is 10.0. The molecule has 1 aromatic heterocycles. The van der Waals surface area contributed by atoms with Crippen molar-refractivity contribution >= 4 is 17.0 Å². The van der Waals surface area contributed by atoms with E-state index in [9.17, 15) is 13.2 Å². The molecular formula is C17H20F3N3S. The first-order valence-electron chi connectivity index (χ1n) is 7.99. The van der Waals surface area contributed by atoms with E-state index < -0.39 is 11.7 Å². The first-order chi connectivity index (χ1) is 11.4. The van der Waals surface area contributed by atoms with Crippen molar-refractivity contribution in [3.63, 3.8) is 0 Å². The Morgan fingerprint density at radius 3 is 2.42 bits per heavy atom. The van der Waals surface area contributed by atoms with E-state index in [4.69, 9.17) is 0 Å². The molecule has 0 radical (unpaired) electrons. The summed E-state index contributed by atoms with van der Waals surface area (Å²) < 4.78 is 40.8. The molecule has 0 unspecified atom stereocenters. The molecule has 3 nitrogen and oxygen atoms in total. The van der Waals surface area contributed by atoms with Crippen molar-refractivity contribution < 1.29 is 13.2 Å². The number of benzene rings is 1. The van der Waals surface area contributed by atoms with E-state index in [1.807, 2.05) is 11.8 Å². The van der Waals surface area contributed by atoms with Crippen molar-refractivity contribution in [2.75, 3.05) is 37.6 Å². The van der Waals surface area contributed by atoms with E-state index in [1.165, 1.54) is 17.4 Å². The summed E-state index contributed by atoms with van der Waals surface area (Å²) in [6.07, 6.45) is -4.38. The fraction of sp³-hybridized carbons (Fsp3) is 0.471.